The maximum absolute atomic E-state index is 6.45. The number of furan rings is 1. The lowest BCUT2D eigenvalue weighted by Crippen LogP contribution is -2.62. The highest BCUT2D eigenvalue weighted by molar-refractivity contribution is 7.00. The molecule has 0 fully saturated rings. The fraction of sp³-hybridized carbons (Fsp3) is 0.257. The van der Waals surface area contributed by atoms with Crippen molar-refractivity contribution in [3.05, 3.63) is 208 Å². The van der Waals surface area contributed by atoms with Crippen LogP contribution in [0.5, 0.6) is 0 Å². The zero-order chi connectivity index (χ0) is 52.5. The van der Waals surface area contributed by atoms with E-state index >= 15 is 0 Å². The number of para-hydroxylation sites is 3. The molecule has 4 nitrogen and oxygen atoms in total. The number of rotatable bonds is 7. The molecule has 0 saturated carbocycles. The van der Waals surface area contributed by atoms with E-state index in [0.29, 0.717) is 0 Å². The smallest absolute Gasteiger partial charge is 0.252 e. The van der Waals surface area contributed by atoms with Crippen molar-refractivity contribution < 1.29 is 4.42 Å². The van der Waals surface area contributed by atoms with Gasteiger partial charge in [-0.15, -0.1) is 0 Å². The van der Waals surface area contributed by atoms with Crippen LogP contribution in [0.25, 0.3) is 33.1 Å². The minimum atomic E-state index is -0.163. The van der Waals surface area contributed by atoms with Crippen LogP contribution in [0.1, 0.15) is 114 Å². The van der Waals surface area contributed by atoms with Gasteiger partial charge in [-0.1, -0.05) is 133 Å². The highest BCUT2D eigenvalue weighted by Crippen LogP contribution is 2.53. The highest BCUT2D eigenvalue weighted by Gasteiger charge is 2.48. The topological polar surface area (TPSA) is 22.9 Å². The minimum Gasteiger partial charge on any atom is -0.456 e. The number of fused-ring (bicyclic) bond motifs is 8. The van der Waals surface area contributed by atoms with E-state index in [2.05, 4.69) is 262 Å². The number of allylic oxidation sites excluding steroid dienone is 3. The SMILES string of the molecule is C/C=C\C(=C/C)N(c1ccccc1)c1ccc2c(c1)N(c1c(C)cccc1C)c1cc(C(C)(C)C)cc3c1B2c1cc2c(cc1N3c1c(C)cc(-c3ccc4c(c3)oc3ccccc34)cc1C)C(C)(C)CCC2(C)C. The summed E-state index contributed by atoms with van der Waals surface area (Å²) in [5, 5.41) is 2.30. The van der Waals surface area contributed by atoms with Gasteiger partial charge in [-0.25, -0.2) is 0 Å². The Hall–Kier alpha value is -7.50. The van der Waals surface area contributed by atoms with E-state index in [4.69, 9.17) is 4.42 Å². The maximum Gasteiger partial charge on any atom is 0.252 e. The van der Waals surface area contributed by atoms with E-state index in [1.807, 2.05) is 6.07 Å². The molecule has 0 unspecified atom stereocenters. The molecule has 3 aliphatic rings. The molecule has 3 heterocycles. The summed E-state index contributed by atoms with van der Waals surface area (Å²) < 4.78 is 6.45. The summed E-state index contributed by atoms with van der Waals surface area (Å²) in [5.41, 5.74) is 28.1. The van der Waals surface area contributed by atoms with Crippen LogP contribution in [-0.4, -0.2) is 6.71 Å². The van der Waals surface area contributed by atoms with E-state index in [0.717, 1.165) is 57.4 Å². The second-order valence-electron chi connectivity index (χ2n) is 24.1. The number of aryl methyl sites for hydroxylation is 4. The molecular weight excluding hydrogens is 910 g/mol. The number of hydrogen-bond donors (Lipinski definition) is 0. The van der Waals surface area contributed by atoms with E-state index < -0.39 is 0 Å². The van der Waals surface area contributed by atoms with Crippen molar-refractivity contribution in [2.45, 2.75) is 119 Å². The molecule has 12 rings (SSSR count). The van der Waals surface area contributed by atoms with Gasteiger partial charge in [0.1, 0.15) is 11.2 Å². The predicted octanol–water partition coefficient (Wildman–Crippen LogP) is 17.8. The Morgan fingerprint density at radius 2 is 1.15 bits per heavy atom. The Morgan fingerprint density at radius 1 is 0.547 bits per heavy atom. The normalized spacial score (nSPS) is 15.6. The Kier molecular flexibility index (Phi) is 11.3. The third kappa shape index (κ3) is 7.71. The molecule has 0 spiro atoms. The molecule has 8 aromatic carbocycles. The molecule has 9 aromatic rings. The largest absolute Gasteiger partial charge is 0.456 e. The van der Waals surface area contributed by atoms with Gasteiger partial charge in [0.15, 0.2) is 0 Å². The summed E-state index contributed by atoms with van der Waals surface area (Å²) >= 11 is 0. The van der Waals surface area contributed by atoms with E-state index in [-0.39, 0.29) is 23.0 Å². The van der Waals surface area contributed by atoms with Crippen molar-refractivity contribution in [2.24, 2.45) is 0 Å². The van der Waals surface area contributed by atoms with Crippen molar-refractivity contribution >= 4 is 90.5 Å². The minimum absolute atomic E-state index is 0.00433. The Morgan fingerprint density at radius 3 is 1.79 bits per heavy atom. The monoisotopic (exact) mass is 980 g/mol. The molecule has 0 saturated heterocycles. The van der Waals surface area contributed by atoms with Gasteiger partial charge in [-0.05, 0) is 216 Å². The lowest BCUT2D eigenvalue weighted by Gasteiger charge is -2.48. The van der Waals surface area contributed by atoms with Crippen LogP contribution in [0.15, 0.2) is 174 Å². The van der Waals surface area contributed by atoms with Crippen LogP contribution in [0.2, 0.25) is 0 Å². The zero-order valence-corrected chi connectivity index (χ0v) is 46.3. The molecular formula is C70H70BN3O. The molecule has 374 valence electrons. The van der Waals surface area contributed by atoms with E-state index in [1.54, 1.807) is 0 Å². The lowest BCUT2D eigenvalue weighted by molar-refractivity contribution is 0.332. The average molecular weight is 980 g/mol. The molecule has 5 heteroatoms. The first-order valence-electron chi connectivity index (χ1n) is 27.2. The van der Waals surface area contributed by atoms with Gasteiger partial charge in [0.05, 0.1) is 11.4 Å². The first-order valence-corrected chi connectivity index (χ1v) is 27.2. The number of anilines is 8. The number of nitrogens with zero attached hydrogens (tertiary/aromatic N) is 3. The fourth-order valence-corrected chi connectivity index (χ4v) is 13.1. The summed E-state index contributed by atoms with van der Waals surface area (Å²) in [6, 6.07) is 55.3. The van der Waals surface area contributed by atoms with Crippen LogP contribution < -0.4 is 31.1 Å². The average Bonchev–Trinajstić information content (AvgIpc) is 3.79. The molecule has 0 bridgehead atoms. The summed E-state index contributed by atoms with van der Waals surface area (Å²) in [6.07, 6.45) is 8.88. The van der Waals surface area contributed by atoms with Gasteiger partial charge in [0.25, 0.3) is 6.71 Å². The van der Waals surface area contributed by atoms with Gasteiger partial charge in [-0.3, -0.25) is 0 Å². The van der Waals surface area contributed by atoms with Crippen molar-refractivity contribution in [3.63, 3.8) is 0 Å². The van der Waals surface area contributed by atoms with Gasteiger partial charge in [-0.2, -0.15) is 0 Å². The maximum atomic E-state index is 6.45. The molecule has 2 aliphatic heterocycles. The third-order valence-corrected chi connectivity index (χ3v) is 17.1. The van der Waals surface area contributed by atoms with Crippen molar-refractivity contribution in [1.82, 2.24) is 0 Å². The van der Waals surface area contributed by atoms with Gasteiger partial charge in [0.2, 0.25) is 0 Å². The fourth-order valence-electron chi connectivity index (χ4n) is 13.1. The molecule has 1 aromatic heterocycles. The second kappa shape index (κ2) is 17.6. The summed E-state index contributed by atoms with van der Waals surface area (Å²) in [4.78, 5) is 7.76. The molecule has 0 radical (unpaired) electrons. The van der Waals surface area contributed by atoms with Crippen molar-refractivity contribution in [2.75, 3.05) is 14.7 Å². The summed E-state index contributed by atoms with van der Waals surface area (Å²) in [5.74, 6) is 0. The van der Waals surface area contributed by atoms with Crippen LogP contribution in [-0.2, 0) is 16.2 Å². The standard InChI is InChI=1S/C70H70BN3O/c1-14-22-50(15-2)72(51-25-17-16-18-26-51)52-30-32-57-59(40-52)73(66-43(3)23-21-24-44(66)4)61-38-49(68(7,8)9)39-62-65(61)71(57)58-41-55-56(70(12,13)34-33-69(55,10)11)42-60(58)74(62)67-45(5)35-48(36-46(67)6)47-29-31-54-53-27-19-20-28-63(53)75-64(54)37-47/h14-32,35-42H,33-34H2,1-13H3/b22-14-,50-15+. The van der Waals surface area contributed by atoms with Crippen LogP contribution in [0.3, 0.4) is 0 Å². The Labute approximate surface area is 446 Å². The molecule has 1 aliphatic carbocycles. The molecule has 75 heavy (non-hydrogen) atoms. The summed E-state index contributed by atoms with van der Waals surface area (Å²) in [7, 11) is 0. The second-order valence-corrected chi connectivity index (χ2v) is 24.1. The Bertz CT molecular complexity index is 3820. The number of hydrogen-bond acceptors (Lipinski definition) is 4. The predicted molar refractivity (Wildman–Crippen MR) is 323 cm³/mol. The first-order chi connectivity index (χ1) is 35.9. The summed E-state index contributed by atoms with van der Waals surface area (Å²) in [6.45, 7) is 30.5. The number of benzene rings is 8. The van der Waals surface area contributed by atoms with Crippen LogP contribution in [0.4, 0.5) is 45.5 Å². The van der Waals surface area contributed by atoms with Gasteiger partial charge < -0.3 is 19.1 Å². The highest BCUT2D eigenvalue weighted by atomic mass is 16.3. The lowest BCUT2D eigenvalue weighted by atomic mass is 9.33. The Balaban J connectivity index is 1.17. The van der Waals surface area contributed by atoms with Crippen molar-refractivity contribution in [1.29, 1.82) is 0 Å². The van der Waals surface area contributed by atoms with Crippen molar-refractivity contribution in [3.8, 4) is 11.1 Å². The zero-order valence-electron chi connectivity index (χ0n) is 46.3. The third-order valence-electron chi connectivity index (χ3n) is 17.1. The molecule has 0 atom stereocenters. The first kappa shape index (κ1) is 48.4. The van der Waals surface area contributed by atoms with Crippen LogP contribution in [0, 0.1) is 27.7 Å². The van der Waals surface area contributed by atoms with Gasteiger partial charge in [0, 0.05) is 50.6 Å². The quantitative estimate of drug-likeness (QED) is 0.117. The van der Waals surface area contributed by atoms with Crippen LogP contribution >= 0.6 is 0 Å². The molecule has 0 N–H and O–H groups in total. The molecule has 0 amide bonds. The van der Waals surface area contributed by atoms with E-state index in [9.17, 15) is 0 Å². The van der Waals surface area contributed by atoms with E-state index in [1.165, 1.54) is 95.0 Å². The van der Waals surface area contributed by atoms with Gasteiger partial charge >= 0.3 is 0 Å².